The Morgan fingerprint density at radius 3 is 2.75 bits per heavy atom. The average Bonchev–Trinajstić information content (AvgIpc) is 2.47. The van der Waals surface area contributed by atoms with Crippen molar-refractivity contribution in [3.63, 3.8) is 0 Å². The van der Waals surface area contributed by atoms with Gasteiger partial charge in [0.1, 0.15) is 5.75 Å². The molecule has 1 saturated heterocycles. The molecule has 1 unspecified atom stereocenters. The fraction of sp³-hybridized carbons (Fsp3) is 0.462. The summed E-state index contributed by atoms with van der Waals surface area (Å²) in [5.74, 6) is -0.220. The topological polar surface area (TPSA) is 59.0 Å². The zero-order valence-corrected chi connectivity index (χ0v) is 10.7. The molecule has 0 spiro atoms. The van der Waals surface area contributed by atoms with E-state index < -0.39 is 6.61 Å². The molecular formula is C13H15F2NO4. The van der Waals surface area contributed by atoms with Gasteiger partial charge in [-0.25, -0.2) is 0 Å². The van der Waals surface area contributed by atoms with E-state index >= 15 is 0 Å². The highest BCUT2D eigenvalue weighted by Crippen LogP contribution is 2.17. The number of aliphatic hydroxyl groups excluding tert-OH is 1. The average molecular weight is 287 g/mol. The zero-order valence-electron chi connectivity index (χ0n) is 10.7. The molecule has 7 heteroatoms. The van der Waals surface area contributed by atoms with Crippen LogP contribution in [-0.2, 0) is 4.74 Å². The number of amides is 1. The van der Waals surface area contributed by atoms with Gasteiger partial charge in [0, 0.05) is 18.7 Å². The van der Waals surface area contributed by atoms with Crippen molar-refractivity contribution in [1.82, 2.24) is 4.90 Å². The number of morpholine rings is 1. The zero-order chi connectivity index (χ0) is 14.5. The fourth-order valence-corrected chi connectivity index (χ4v) is 1.98. The van der Waals surface area contributed by atoms with Crippen LogP contribution < -0.4 is 4.74 Å². The first-order chi connectivity index (χ1) is 9.60. The summed E-state index contributed by atoms with van der Waals surface area (Å²) in [7, 11) is 0. The predicted molar refractivity (Wildman–Crippen MR) is 65.8 cm³/mol. The van der Waals surface area contributed by atoms with E-state index in [-0.39, 0.29) is 24.4 Å². The molecule has 1 aliphatic heterocycles. The van der Waals surface area contributed by atoms with Crippen molar-refractivity contribution in [2.24, 2.45) is 0 Å². The van der Waals surface area contributed by atoms with Crippen molar-refractivity contribution in [2.75, 3.05) is 26.3 Å². The van der Waals surface area contributed by atoms with Crippen molar-refractivity contribution in [2.45, 2.75) is 12.7 Å². The molecule has 0 aliphatic carbocycles. The Morgan fingerprint density at radius 1 is 1.45 bits per heavy atom. The second-order valence-electron chi connectivity index (χ2n) is 4.33. The molecule has 1 aliphatic rings. The molecule has 0 radical (unpaired) electrons. The minimum atomic E-state index is -2.89. The SMILES string of the molecule is O=C(c1ccc(OC(F)F)cc1)N1CCOC(CO)C1. The molecule has 1 aromatic rings. The summed E-state index contributed by atoms with van der Waals surface area (Å²) in [4.78, 5) is 13.8. The highest BCUT2D eigenvalue weighted by atomic mass is 19.3. The lowest BCUT2D eigenvalue weighted by Crippen LogP contribution is -2.46. The Labute approximate surface area is 114 Å². The summed E-state index contributed by atoms with van der Waals surface area (Å²) in [6, 6.07) is 5.51. The monoisotopic (exact) mass is 287 g/mol. The molecular weight excluding hydrogens is 272 g/mol. The predicted octanol–water partition coefficient (Wildman–Crippen LogP) is 1.12. The minimum Gasteiger partial charge on any atom is -0.435 e. The lowest BCUT2D eigenvalue weighted by atomic mass is 10.1. The Balaban J connectivity index is 2.01. The van der Waals surface area contributed by atoms with E-state index in [0.717, 1.165) is 0 Å². The lowest BCUT2D eigenvalue weighted by Gasteiger charge is -2.32. The van der Waals surface area contributed by atoms with E-state index in [2.05, 4.69) is 4.74 Å². The Morgan fingerprint density at radius 2 is 2.15 bits per heavy atom. The smallest absolute Gasteiger partial charge is 0.387 e. The molecule has 1 N–H and O–H groups in total. The van der Waals surface area contributed by atoms with Gasteiger partial charge in [-0.15, -0.1) is 0 Å². The van der Waals surface area contributed by atoms with E-state index in [4.69, 9.17) is 9.84 Å². The van der Waals surface area contributed by atoms with Crippen molar-refractivity contribution in [1.29, 1.82) is 0 Å². The third-order valence-corrected chi connectivity index (χ3v) is 2.96. The number of hydrogen-bond donors (Lipinski definition) is 1. The van der Waals surface area contributed by atoms with Gasteiger partial charge in [0.2, 0.25) is 0 Å². The van der Waals surface area contributed by atoms with Gasteiger partial charge < -0.3 is 19.5 Å². The molecule has 5 nitrogen and oxygen atoms in total. The van der Waals surface area contributed by atoms with Crippen molar-refractivity contribution < 1.29 is 28.2 Å². The summed E-state index contributed by atoms with van der Waals surface area (Å²) >= 11 is 0. The molecule has 1 atom stereocenters. The molecule has 0 aromatic heterocycles. The van der Waals surface area contributed by atoms with Gasteiger partial charge in [0.15, 0.2) is 0 Å². The number of nitrogens with zero attached hydrogens (tertiary/aromatic N) is 1. The van der Waals surface area contributed by atoms with Gasteiger partial charge in [0.25, 0.3) is 5.91 Å². The van der Waals surface area contributed by atoms with E-state index in [1.165, 1.54) is 24.3 Å². The van der Waals surface area contributed by atoms with Crippen LogP contribution in [0.4, 0.5) is 8.78 Å². The van der Waals surface area contributed by atoms with Crippen LogP contribution in [0, 0.1) is 0 Å². The fourth-order valence-electron chi connectivity index (χ4n) is 1.98. The van der Waals surface area contributed by atoms with E-state index in [9.17, 15) is 13.6 Å². The van der Waals surface area contributed by atoms with E-state index in [0.29, 0.717) is 25.3 Å². The molecule has 1 amide bonds. The van der Waals surface area contributed by atoms with Crippen LogP contribution in [0.5, 0.6) is 5.75 Å². The number of halogens is 2. The number of carbonyl (C=O) groups is 1. The Bertz CT molecular complexity index is 452. The number of aliphatic hydroxyl groups is 1. The highest BCUT2D eigenvalue weighted by molar-refractivity contribution is 5.94. The maximum atomic E-state index is 12.2. The van der Waals surface area contributed by atoms with E-state index in [1.807, 2.05) is 0 Å². The standard InChI is InChI=1S/C13H15F2NO4/c14-13(15)20-10-3-1-9(2-4-10)12(18)16-5-6-19-11(7-16)8-17/h1-4,11,13,17H,5-8H2. The Kier molecular flexibility index (Phi) is 4.86. The maximum Gasteiger partial charge on any atom is 0.387 e. The summed E-state index contributed by atoms with van der Waals surface area (Å²) < 4.78 is 33.5. The number of hydrogen-bond acceptors (Lipinski definition) is 4. The largest absolute Gasteiger partial charge is 0.435 e. The first kappa shape index (κ1) is 14.7. The van der Waals surface area contributed by atoms with Gasteiger partial charge >= 0.3 is 6.61 Å². The highest BCUT2D eigenvalue weighted by Gasteiger charge is 2.24. The first-order valence-corrected chi connectivity index (χ1v) is 6.16. The number of alkyl halides is 2. The second kappa shape index (κ2) is 6.62. The lowest BCUT2D eigenvalue weighted by molar-refractivity contribution is -0.0498. The summed E-state index contributed by atoms with van der Waals surface area (Å²) in [6.07, 6.45) is -0.380. The van der Waals surface area contributed by atoms with Crippen molar-refractivity contribution in [3.05, 3.63) is 29.8 Å². The van der Waals surface area contributed by atoms with Crippen molar-refractivity contribution >= 4 is 5.91 Å². The number of carbonyl (C=O) groups excluding carboxylic acids is 1. The second-order valence-corrected chi connectivity index (χ2v) is 4.33. The van der Waals surface area contributed by atoms with Crippen LogP contribution in [0.15, 0.2) is 24.3 Å². The molecule has 0 saturated carbocycles. The molecule has 110 valence electrons. The summed E-state index contributed by atoms with van der Waals surface area (Å²) in [6.45, 7) is -1.93. The van der Waals surface area contributed by atoms with Crippen LogP contribution in [0.2, 0.25) is 0 Å². The number of ether oxygens (including phenoxy) is 2. The van der Waals surface area contributed by atoms with Gasteiger partial charge in [-0.3, -0.25) is 4.79 Å². The maximum absolute atomic E-state index is 12.2. The van der Waals surface area contributed by atoms with Gasteiger partial charge in [-0.2, -0.15) is 8.78 Å². The quantitative estimate of drug-likeness (QED) is 0.901. The minimum absolute atomic E-state index is 0.00626. The molecule has 1 heterocycles. The third-order valence-electron chi connectivity index (χ3n) is 2.96. The Hall–Kier alpha value is -1.73. The molecule has 1 aromatic carbocycles. The normalized spacial score (nSPS) is 19.2. The van der Waals surface area contributed by atoms with Gasteiger partial charge in [-0.1, -0.05) is 0 Å². The van der Waals surface area contributed by atoms with Crippen LogP contribution >= 0.6 is 0 Å². The first-order valence-electron chi connectivity index (χ1n) is 6.16. The van der Waals surface area contributed by atoms with Crippen LogP contribution in [-0.4, -0.2) is 54.9 Å². The molecule has 1 fully saturated rings. The summed E-state index contributed by atoms with van der Waals surface area (Å²) in [5.41, 5.74) is 0.380. The molecule has 0 bridgehead atoms. The van der Waals surface area contributed by atoms with Gasteiger partial charge in [0.05, 0.1) is 19.3 Å². The molecule has 2 rings (SSSR count). The number of rotatable bonds is 4. The molecule has 20 heavy (non-hydrogen) atoms. The number of benzene rings is 1. The van der Waals surface area contributed by atoms with Crippen LogP contribution in [0.25, 0.3) is 0 Å². The summed E-state index contributed by atoms with van der Waals surface area (Å²) in [5, 5.41) is 9.03. The van der Waals surface area contributed by atoms with Crippen LogP contribution in [0.3, 0.4) is 0 Å². The van der Waals surface area contributed by atoms with E-state index in [1.54, 1.807) is 4.90 Å². The van der Waals surface area contributed by atoms with Gasteiger partial charge in [-0.05, 0) is 24.3 Å². The third kappa shape index (κ3) is 3.64. The van der Waals surface area contributed by atoms with Crippen molar-refractivity contribution in [3.8, 4) is 5.75 Å². The van der Waals surface area contributed by atoms with Crippen LogP contribution in [0.1, 0.15) is 10.4 Å².